The van der Waals surface area contributed by atoms with Gasteiger partial charge in [0.1, 0.15) is 21.9 Å². The number of carbonyl (C=O) groups excluding carboxylic acids is 1. The van der Waals surface area contributed by atoms with E-state index in [0.29, 0.717) is 10.8 Å². The molecule has 0 aliphatic carbocycles. The maximum absolute atomic E-state index is 11.8. The standard InChI is InChI=1S/C22H16N2O3S2/c1-27-16-9-7-14(8-10-16)11-18(22(25)26)29-21-19-17(15-5-3-2-4-6-15)12-28-20(19)23-13-24-21/h2-13H,1H3,(H,25,26)/p-1/b18-11+. The summed E-state index contributed by atoms with van der Waals surface area (Å²) in [6.45, 7) is 0. The number of benzene rings is 2. The van der Waals surface area contributed by atoms with Crippen LogP contribution >= 0.6 is 23.1 Å². The lowest BCUT2D eigenvalue weighted by Gasteiger charge is -2.10. The molecule has 0 aliphatic rings. The van der Waals surface area contributed by atoms with E-state index in [1.165, 1.54) is 17.7 Å². The second-order valence-electron chi connectivity index (χ2n) is 6.05. The first-order chi connectivity index (χ1) is 14.2. The van der Waals surface area contributed by atoms with Gasteiger partial charge in [-0.15, -0.1) is 11.3 Å². The van der Waals surface area contributed by atoms with Gasteiger partial charge >= 0.3 is 0 Å². The largest absolute Gasteiger partial charge is 0.544 e. The fourth-order valence-corrected chi connectivity index (χ4v) is 4.72. The van der Waals surface area contributed by atoms with Crippen molar-refractivity contribution in [3.05, 3.63) is 76.8 Å². The quantitative estimate of drug-likeness (QED) is 0.264. The van der Waals surface area contributed by atoms with Gasteiger partial charge in [0.25, 0.3) is 0 Å². The maximum Gasteiger partial charge on any atom is 0.128 e. The van der Waals surface area contributed by atoms with E-state index in [9.17, 15) is 9.90 Å². The highest BCUT2D eigenvalue weighted by atomic mass is 32.2. The average Bonchev–Trinajstić information content (AvgIpc) is 3.19. The van der Waals surface area contributed by atoms with Crippen molar-refractivity contribution in [2.45, 2.75) is 5.03 Å². The number of thioether (sulfide) groups is 1. The van der Waals surface area contributed by atoms with Crippen molar-refractivity contribution < 1.29 is 14.6 Å². The number of ether oxygens (including phenoxy) is 1. The molecular weight excluding hydrogens is 404 g/mol. The summed E-state index contributed by atoms with van der Waals surface area (Å²) >= 11 is 2.57. The van der Waals surface area contributed by atoms with Gasteiger partial charge in [0.05, 0.1) is 18.5 Å². The Kier molecular flexibility index (Phi) is 5.59. The summed E-state index contributed by atoms with van der Waals surface area (Å²) < 4.78 is 5.14. The number of nitrogens with zero attached hydrogens (tertiary/aromatic N) is 2. The first-order valence-electron chi connectivity index (χ1n) is 8.68. The van der Waals surface area contributed by atoms with E-state index in [2.05, 4.69) is 9.97 Å². The van der Waals surface area contributed by atoms with Crippen molar-refractivity contribution in [2.75, 3.05) is 7.11 Å². The number of methoxy groups -OCH3 is 1. The second-order valence-corrected chi connectivity index (χ2v) is 7.93. The molecule has 0 amide bonds. The van der Waals surface area contributed by atoms with Crippen LogP contribution in [-0.4, -0.2) is 23.0 Å². The number of carboxylic acids is 1. The fraction of sp³-hybridized carbons (Fsp3) is 0.0455. The third kappa shape index (κ3) is 4.16. The number of carboxylic acid groups (broad SMARTS) is 1. The lowest BCUT2D eigenvalue weighted by Crippen LogP contribution is -2.23. The van der Waals surface area contributed by atoms with Gasteiger partial charge in [-0.1, -0.05) is 54.2 Å². The molecule has 0 fully saturated rings. The Balaban J connectivity index is 1.76. The van der Waals surface area contributed by atoms with Crippen molar-refractivity contribution in [3.63, 3.8) is 0 Å². The lowest BCUT2D eigenvalue weighted by molar-refractivity contribution is -0.297. The van der Waals surface area contributed by atoms with Crippen molar-refractivity contribution in [1.29, 1.82) is 0 Å². The van der Waals surface area contributed by atoms with Gasteiger partial charge < -0.3 is 14.6 Å². The molecule has 144 valence electrons. The van der Waals surface area contributed by atoms with E-state index in [0.717, 1.165) is 38.7 Å². The van der Waals surface area contributed by atoms with Crippen LogP contribution in [0, 0.1) is 0 Å². The number of rotatable bonds is 6. The van der Waals surface area contributed by atoms with E-state index in [1.54, 1.807) is 37.5 Å². The minimum absolute atomic E-state index is 0.0698. The molecule has 7 heteroatoms. The number of hydrogen-bond acceptors (Lipinski definition) is 7. The molecule has 4 aromatic rings. The van der Waals surface area contributed by atoms with Gasteiger partial charge in [-0.2, -0.15) is 0 Å². The Bertz CT molecular complexity index is 1190. The van der Waals surface area contributed by atoms with Crippen LogP contribution in [0.1, 0.15) is 5.56 Å². The van der Waals surface area contributed by atoms with Gasteiger partial charge in [0.2, 0.25) is 0 Å². The Morgan fingerprint density at radius 2 is 1.86 bits per heavy atom. The summed E-state index contributed by atoms with van der Waals surface area (Å²) in [5, 5.41) is 15.2. The molecule has 0 saturated carbocycles. The summed E-state index contributed by atoms with van der Waals surface area (Å²) in [5.74, 6) is -0.554. The first-order valence-corrected chi connectivity index (χ1v) is 10.4. The van der Waals surface area contributed by atoms with Crippen LogP contribution in [-0.2, 0) is 4.79 Å². The minimum Gasteiger partial charge on any atom is -0.544 e. The highest BCUT2D eigenvalue weighted by molar-refractivity contribution is 8.04. The summed E-state index contributed by atoms with van der Waals surface area (Å²) in [6, 6.07) is 17.0. The topological polar surface area (TPSA) is 75.1 Å². The molecular formula is C22H15N2O3S2-. The Morgan fingerprint density at radius 1 is 1.10 bits per heavy atom. The molecule has 0 atom stereocenters. The molecule has 5 nitrogen and oxygen atoms in total. The third-order valence-electron chi connectivity index (χ3n) is 4.24. The monoisotopic (exact) mass is 419 g/mol. The maximum atomic E-state index is 11.8. The van der Waals surface area contributed by atoms with Crippen LogP contribution in [0.3, 0.4) is 0 Å². The second kappa shape index (κ2) is 8.46. The molecule has 0 saturated heterocycles. The predicted molar refractivity (Wildman–Crippen MR) is 115 cm³/mol. The molecule has 29 heavy (non-hydrogen) atoms. The van der Waals surface area contributed by atoms with E-state index < -0.39 is 5.97 Å². The third-order valence-corrected chi connectivity index (χ3v) is 6.14. The van der Waals surface area contributed by atoms with Crippen molar-refractivity contribution in [3.8, 4) is 16.9 Å². The van der Waals surface area contributed by atoms with Crippen LogP contribution in [0.4, 0.5) is 0 Å². The summed E-state index contributed by atoms with van der Waals surface area (Å²) in [7, 11) is 1.58. The first kappa shape index (κ1) is 19.2. The zero-order chi connectivity index (χ0) is 20.2. The number of aromatic nitrogens is 2. The van der Waals surface area contributed by atoms with Gasteiger partial charge in [0, 0.05) is 15.8 Å². The molecule has 0 spiro atoms. The van der Waals surface area contributed by atoms with Gasteiger partial charge in [-0.05, 0) is 29.3 Å². The average molecular weight is 420 g/mol. The number of fused-ring (bicyclic) bond motifs is 1. The number of aliphatic carboxylic acids is 1. The van der Waals surface area contributed by atoms with Crippen LogP contribution in [0.25, 0.3) is 27.4 Å². The van der Waals surface area contributed by atoms with Gasteiger partial charge in [-0.25, -0.2) is 9.97 Å². The molecule has 0 bridgehead atoms. The molecule has 2 aromatic carbocycles. The van der Waals surface area contributed by atoms with Gasteiger partial charge in [-0.3, -0.25) is 0 Å². The fourth-order valence-electron chi connectivity index (χ4n) is 2.84. The molecule has 0 unspecified atom stereocenters. The summed E-state index contributed by atoms with van der Waals surface area (Å²) in [6.07, 6.45) is 3.03. The van der Waals surface area contributed by atoms with Crippen LogP contribution in [0.2, 0.25) is 0 Å². The normalized spacial score (nSPS) is 11.6. The van der Waals surface area contributed by atoms with Gasteiger partial charge in [0.15, 0.2) is 0 Å². The SMILES string of the molecule is COc1ccc(/C=C(/Sc2ncnc3scc(-c4ccccc4)c23)C(=O)[O-])cc1. The van der Waals surface area contributed by atoms with E-state index in [4.69, 9.17) is 4.74 Å². The number of carbonyl (C=O) groups is 1. The Hall–Kier alpha value is -3.16. The van der Waals surface area contributed by atoms with Crippen LogP contribution in [0.5, 0.6) is 5.75 Å². The van der Waals surface area contributed by atoms with Crippen molar-refractivity contribution >= 4 is 45.4 Å². The molecule has 2 heterocycles. The van der Waals surface area contributed by atoms with Crippen LogP contribution < -0.4 is 9.84 Å². The molecule has 4 rings (SSSR count). The number of hydrogen-bond donors (Lipinski definition) is 0. The summed E-state index contributed by atoms with van der Waals surface area (Å²) in [5.41, 5.74) is 2.75. The van der Waals surface area contributed by atoms with Crippen molar-refractivity contribution in [1.82, 2.24) is 9.97 Å². The molecule has 0 N–H and O–H groups in total. The lowest BCUT2D eigenvalue weighted by atomic mass is 10.1. The summed E-state index contributed by atoms with van der Waals surface area (Å²) in [4.78, 5) is 21.4. The van der Waals surface area contributed by atoms with E-state index in [1.807, 2.05) is 35.7 Å². The van der Waals surface area contributed by atoms with Crippen LogP contribution in [0.15, 0.2) is 76.2 Å². The highest BCUT2D eigenvalue weighted by Gasteiger charge is 2.15. The molecule has 0 aliphatic heterocycles. The Morgan fingerprint density at radius 3 is 2.55 bits per heavy atom. The molecule has 2 aromatic heterocycles. The zero-order valence-corrected chi connectivity index (χ0v) is 17.0. The van der Waals surface area contributed by atoms with E-state index >= 15 is 0 Å². The smallest absolute Gasteiger partial charge is 0.128 e. The predicted octanol–water partition coefficient (Wildman–Crippen LogP) is 4.25. The van der Waals surface area contributed by atoms with E-state index in [-0.39, 0.29) is 4.91 Å². The van der Waals surface area contributed by atoms with Crippen molar-refractivity contribution in [2.24, 2.45) is 0 Å². The minimum atomic E-state index is -1.26. The zero-order valence-electron chi connectivity index (χ0n) is 15.4. The molecule has 0 radical (unpaired) electrons. The Labute approximate surface area is 175 Å². The highest BCUT2D eigenvalue weighted by Crippen LogP contribution is 2.40. The number of thiophene rings is 1.